The lowest BCUT2D eigenvalue weighted by Gasteiger charge is -2.04. The zero-order valence-electron chi connectivity index (χ0n) is 16.2. The molecule has 3 rings (SSSR count). The Hall–Kier alpha value is -2.20. The molecule has 0 amide bonds. The summed E-state index contributed by atoms with van der Waals surface area (Å²) >= 11 is 0. The smallest absolute Gasteiger partial charge is 0.117 e. The van der Waals surface area contributed by atoms with Gasteiger partial charge < -0.3 is 5.32 Å². The van der Waals surface area contributed by atoms with Crippen molar-refractivity contribution in [3.05, 3.63) is 71.8 Å². The minimum Gasteiger partial charge on any atom is -0.313 e. The lowest BCUT2D eigenvalue weighted by molar-refractivity contribution is 0.626. The van der Waals surface area contributed by atoms with Crippen LogP contribution in [0.15, 0.2) is 54.9 Å². The van der Waals surface area contributed by atoms with E-state index in [1.54, 1.807) is 6.07 Å². The van der Waals surface area contributed by atoms with Gasteiger partial charge in [0, 0.05) is 25.8 Å². The number of nitrogens with one attached hydrogen (secondary N) is 1. The average Bonchev–Trinajstić information content (AvgIpc) is 2.67. The molecule has 0 spiro atoms. The Morgan fingerprint density at radius 1 is 1.15 bits per heavy atom. The van der Waals surface area contributed by atoms with Gasteiger partial charge in [-0.25, -0.2) is 4.39 Å². The number of halogens is 1. The maximum absolute atomic E-state index is 12.9. The number of pyridine rings is 1. The van der Waals surface area contributed by atoms with E-state index in [0.717, 1.165) is 18.5 Å². The van der Waals surface area contributed by atoms with Crippen molar-refractivity contribution in [1.29, 1.82) is 0 Å². The van der Waals surface area contributed by atoms with Crippen molar-refractivity contribution in [2.75, 3.05) is 6.54 Å². The molecule has 0 aliphatic carbocycles. The number of nitrogens with zero attached hydrogens (tertiary/aromatic N) is 1. The average molecular weight is 352 g/mol. The quantitative estimate of drug-likeness (QED) is 0.532. The molecule has 1 N–H and O–H groups in total. The minimum atomic E-state index is -0.337. The van der Waals surface area contributed by atoms with Gasteiger partial charge in [0.2, 0.25) is 0 Å². The van der Waals surface area contributed by atoms with E-state index in [1.165, 1.54) is 22.4 Å². The van der Waals surface area contributed by atoms with Crippen LogP contribution in [-0.4, -0.2) is 19.4 Å². The zero-order chi connectivity index (χ0) is 19.4. The third-order valence-electron chi connectivity index (χ3n) is 3.72. The number of hydrogen-bond donors (Lipinski definition) is 1. The molecule has 2 radical (unpaired) electrons. The molecule has 0 saturated carbocycles. The SMILES string of the molecule is CC.Cc1cccc2cnccc12.[B]c1ccc(CNCCC)cc1F.[HH]. The van der Waals surface area contributed by atoms with Gasteiger partial charge in [-0.2, -0.15) is 0 Å². The number of rotatable bonds is 4. The predicted molar refractivity (Wildman–Crippen MR) is 114 cm³/mol. The number of benzene rings is 2. The molecule has 1 heterocycles. The van der Waals surface area contributed by atoms with E-state index in [0.29, 0.717) is 6.54 Å². The highest BCUT2D eigenvalue weighted by molar-refractivity contribution is 6.32. The first-order valence-corrected chi connectivity index (χ1v) is 9.15. The Morgan fingerprint density at radius 2 is 1.92 bits per heavy atom. The van der Waals surface area contributed by atoms with Crippen molar-refractivity contribution in [1.82, 2.24) is 10.3 Å². The Morgan fingerprint density at radius 3 is 2.58 bits per heavy atom. The first kappa shape index (κ1) is 21.8. The minimum absolute atomic E-state index is 0. The fourth-order valence-corrected chi connectivity index (χ4v) is 2.37. The van der Waals surface area contributed by atoms with Crippen LogP contribution in [0.25, 0.3) is 10.8 Å². The Labute approximate surface area is 159 Å². The van der Waals surface area contributed by atoms with Crippen molar-refractivity contribution in [2.45, 2.75) is 40.7 Å². The fourth-order valence-electron chi connectivity index (χ4n) is 2.37. The molecule has 2 aromatic carbocycles. The van der Waals surface area contributed by atoms with E-state index >= 15 is 0 Å². The number of fused-ring (bicyclic) bond motifs is 1. The molecule has 0 saturated heterocycles. The summed E-state index contributed by atoms with van der Waals surface area (Å²) in [6.45, 7) is 9.86. The number of aromatic nitrogens is 1. The summed E-state index contributed by atoms with van der Waals surface area (Å²) in [6.07, 6.45) is 4.80. The van der Waals surface area contributed by atoms with Crippen molar-refractivity contribution >= 4 is 24.1 Å². The highest BCUT2D eigenvalue weighted by Crippen LogP contribution is 2.15. The molecule has 3 aromatic rings. The van der Waals surface area contributed by atoms with Crippen LogP contribution < -0.4 is 10.8 Å². The van der Waals surface area contributed by atoms with Crippen molar-refractivity contribution < 1.29 is 5.82 Å². The van der Waals surface area contributed by atoms with Gasteiger partial charge in [-0.05, 0) is 48.5 Å². The van der Waals surface area contributed by atoms with Crippen LogP contribution >= 0.6 is 0 Å². The molecule has 0 bridgehead atoms. The molecule has 0 atom stereocenters. The van der Waals surface area contributed by atoms with Crippen LogP contribution in [0.5, 0.6) is 0 Å². The Bertz CT molecular complexity index is 791. The third-order valence-corrected chi connectivity index (χ3v) is 3.72. The predicted octanol–water partition coefficient (Wildman–Crippen LogP) is 4.93. The van der Waals surface area contributed by atoms with E-state index in [2.05, 4.69) is 42.3 Å². The molecule has 26 heavy (non-hydrogen) atoms. The summed E-state index contributed by atoms with van der Waals surface area (Å²) in [6, 6.07) is 13.2. The molecular weight excluding hydrogens is 322 g/mol. The van der Waals surface area contributed by atoms with Crippen LogP contribution in [0.2, 0.25) is 0 Å². The van der Waals surface area contributed by atoms with Gasteiger partial charge in [0.1, 0.15) is 13.7 Å². The molecule has 0 aliphatic rings. The van der Waals surface area contributed by atoms with Crippen LogP contribution in [0, 0.1) is 12.7 Å². The summed E-state index contributed by atoms with van der Waals surface area (Å²) in [7, 11) is 5.35. The van der Waals surface area contributed by atoms with Gasteiger partial charge in [0.25, 0.3) is 0 Å². The first-order valence-electron chi connectivity index (χ1n) is 9.15. The standard InChI is InChI=1S/C10H13BFN.C10H9N.C2H6.H2/c1-2-5-13-7-8-3-4-9(11)10(12)6-8;1-8-3-2-4-9-7-11-6-5-10(8)9;1-2;/h3-4,6,13H,2,5,7H2,1H3;2-7H,1H3;1-2H3;1H. The van der Waals surface area contributed by atoms with Gasteiger partial charge in [-0.3, -0.25) is 4.98 Å². The maximum atomic E-state index is 12.9. The van der Waals surface area contributed by atoms with E-state index in [4.69, 9.17) is 7.85 Å². The van der Waals surface area contributed by atoms with E-state index < -0.39 is 0 Å². The van der Waals surface area contributed by atoms with Crippen molar-refractivity contribution in [2.24, 2.45) is 0 Å². The molecule has 2 nitrogen and oxygen atoms in total. The monoisotopic (exact) mass is 352 g/mol. The number of aryl methyl sites for hydroxylation is 1. The Balaban J connectivity index is 0.000000447. The van der Waals surface area contributed by atoms with Gasteiger partial charge >= 0.3 is 0 Å². The van der Waals surface area contributed by atoms with Crippen LogP contribution in [0.3, 0.4) is 0 Å². The second kappa shape index (κ2) is 12.2. The maximum Gasteiger partial charge on any atom is 0.117 e. The van der Waals surface area contributed by atoms with Crippen molar-refractivity contribution in [3.63, 3.8) is 0 Å². The normalized spacial score (nSPS) is 9.73. The second-order valence-corrected chi connectivity index (χ2v) is 5.70. The van der Waals surface area contributed by atoms with Crippen LogP contribution in [0.1, 0.15) is 39.7 Å². The van der Waals surface area contributed by atoms with Crippen LogP contribution in [-0.2, 0) is 6.54 Å². The van der Waals surface area contributed by atoms with E-state index in [9.17, 15) is 4.39 Å². The lowest BCUT2D eigenvalue weighted by Crippen LogP contribution is -2.15. The fraction of sp³-hybridized carbons (Fsp3) is 0.318. The zero-order valence-corrected chi connectivity index (χ0v) is 16.2. The first-order chi connectivity index (χ1) is 12.6. The van der Waals surface area contributed by atoms with Gasteiger partial charge in [0.15, 0.2) is 0 Å². The van der Waals surface area contributed by atoms with E-state index in [-0.39, 0.29) is 12.7 Å². The van der Waals surface area contributed by atoms with E-state index in [1.807, 2.05) is 38.4 Å². The lowest BCUT2D eigenvalue weighted by atomic mass is 9.94. The summed E-state index contributed by atoms with van der Waals surface area (Å²) in [5.74, 6) is -0.337. The molecule has 4 heteroatoms. The molecule has 1 aromatic heterocycles. The summed E-state index contributed by atoms with van der Waals surface area (Å²) in [4.78, 5) is 4.05. The molecule has 0 fully saturated rings. The Kier molecular flexibility index (Phi) is 10.3. The summed E-state index contributed by atoms with van der Waals surface area (Å²) in [5, 5.41) is 5.70. The largest absolute Gasteiger partial charge is 0.313 e. The molecule has 138 valence electrons. The second-order valence-electron chi connectivity index (χ2n) is 5.70. The third kappa shape index (κ3) is 6.97. The van der Waals surface area contributed by atoms with Gasteiger partial charge in [0.05, 0.1) is 0 Å². The summed E-state index contributed by atoms with van der Waals surface area (Å²) < 4.78 is 12.9. The van der Waals surface area contributed by atoms with Gasteiger partial charge in [-0.15, -0.1) is 0 Å². The highest BCUT2D eigenvalue weighted by atomic mass is 19.1. The van der Waals surface area contributed by atoms with Crippen LogP contribution in [0.4, 0.5) is 4.39 Å². The van der Waals surface area contributed by atoms with Crippen molar-refractivity contribution in [3.8, 4) is 0 Å². The molecule has 0 aliphatic heterocycles. The topological polar surface area (TPSA) is 24.9 Å². The van der Waals surface area contributed by atoms with Gasteiger partial charge in [-0.1, -0.05) is 56.6 Å². The molecule has 0 unspecified atom stereocenters. The number of hydrogen-bond acceptors (Lipinski definition) is 2. The molecular formula is C22H30BFN2. The highest BCUT2D eigenvalue weighted by Gasteiger charge is 1.97. The summed E-state index contributed by atoms with van der Waals surface area (Å²) in [5.41, 5.74) is 2.45.